The summed E-state index contributed by atoms with van der Waals surface area (Å²) in [5, 5.41) is 13.5. The van der Waals surface area contributed by atoms with Crippen LogP contribution in [0, 0.1) is 0 Å². The highest BCUT2D eigenvalue weighted by Gasteiger charge is 2.16. The van der Waals surface area contributed by atoms with Crippen LogP contribution in [-0.2, 0) is 11.3 Å². The van der Waals surface area contributed by atoms with Crippen molar-refractivity contribution in [1.29, 1.82) is 0 Å². The number of hydrogen-bond acceptors (Lipinski definition) is 5. The van der Waals surface area contributed by atoms with E-state index >= 15 is 0 Å². The molecular formula is C17H26ClN3O3. The maximum atomic E-state index is 10.7. The lowest BCUT2D eigenvalue weighted by molar-refractivity contribution is -0.119. The highest BCUT2D eigenvalue weighted by atomic mass is 35.5. The molecule has 0 aromatic heterocycles. The van der Waals surface area contributed by atoms with Crippen LogP contribution in [0.4, 0.5) is 0 Å². The van der Waals surface area contributed by atoms with Crippen molar-refractivity contribution in [2.24, 2.45) is 5.73 Å². The van der Waals surface area contributed by atoms with Gasteiger partial charge in [0.05, 0.1) is 11.1 Å². The maximum absolute atomic E-state index is 10.7. The van der Waals surface area contributed by atoms with Crippen molar-refractivity contribution < 1.29 is 14.6 Å². The van der Waals surface area contributed by atoms with Gasteiger partial charge in [-0.2, -0.15) is 0 Å². The molecule has 0 radical (unpaired) electrons. The molecule has 1 saturated heterocycles. The largest absolute Gasteiger partial charge is 0.482 e. The third kappa shape index (κ3) is 6.65. The normalized spacial score (nSPS) is 18.5. The summed E-state index contributed by atoms with van der Waals surface area (Å²) in [7, 11) is 0. The number of carbonyl (C=O) groups excluding carboxylic acids is 1. The molecule has 0 bridgehead atoms. The molecule has 0 saturated carbocycles. The summed E-state index contributed by atoms with van der Waals surface area (Å²) in [6, 6.07) is 5.49. The average molecular weight is 356 g/mol. The van der Waals surface area contributed by atoms with Crippen molar-refractivity contribution in [2.75, 3.05) is 32.8 Å². The van der Waals surface area contributed by atoms with E-state index in [1.165, 1.54) is 0 Å². The second-order valence-corrected chi connectivity index (χ2v) is 6.55. The molecular weight excluding hydrogens is 330 g/mol. The van der Waals surface area contributed by atoms with Gasteiger partial charge in [-0.05, 0) is 56.6 Å². The number of carbonyl (C=O) groups is 1. The van der Waals surface area contributed by atoms with Crippen LogP contribution in [0.1, 0.15) is 24.8 Å². The summed E-state index contributed by atoms with van der Waals surface area (Å²) < 4.78 is 5.22. The minimum absolute atomic E-state index is 0.163. The van der Waals surface area contributed by atoms with Gasteiger partial charge in [-0.1, -0.05) is 17.7 Å². The van der Waals surface area contributed by atoms with Gasteiger partial charge in [-0.15, -0.1) is 0 Å². The van der Waals surface area contributed by atoms with Crippen LogP contribution < -0.4 is 15.8 Å². The number of rotatable bonds is 9. The van der Waals surface area contributed by atoms with Gasteiger partial charge in [-0.25, -0.2) is 0 Å². The molecule has 1 aliphatic rings. The average Bonchev–Trinajstić information content (AvgIpc) is 2.53. The van der Waals surface area contributed by atoms with E-state index in [2.05, 4.69) is 10.2 Å². The number of likely N-dealkylation sites (tertiary alicyclic amines) is 1. The van der Waals surface area contributed by atoms with Gasteiger partial charge in [0.15, 0.2) is 6.61 Å². The summed E-state index contributed by atoms with van der Waals surface area (Å²) in [5.41, 5.74) is 6.10. The number of β-amino-alcohol motifs (C(OH)–C–C–N with tert-alkyl or cyclic N) is 1. The maximum Gasteiger partial charge on any atom is 0.255 e. The van der Waals surface area contributed by atoms with E-state index in [0.717, 1.165) is 57.5 Å². The number of nitrogens with two attached hydrogens (primary N) is 1. The Bertz CT molecular complexity index is 542. The molecule has 1 aromatic rings. The van der Waals surface area contributed by atoms with E-state index in [0.29, 0.717) is 10.8 Å². The predicted molar refractivity (Wildman–Crippen MR) is 94.1 cm³/mol. The fourth-order valence-electron chi connectivity index (χ4n) is 2.81. The number of aliphatic hydroxyl groups excluding tert-OH is 1. The molecule has 1 amide bonds. The first-order valence-electron chi connectivity index (χ1n) is 8.35. The van der Waals surface area contributed by atoms with Crippen molar-refractivity contribution >= 4 is 17.5 Å². The van der Waals surface area contributed by atoms with Gasteiger partial charge in [0.2, 0.25) is 0 Å². The summed E-state index contributed by atoms with van der Waals surface area (Å²) in [5.74, 6) is -0.0686. The van der Waals surface area contributed by atoms with Crippen LogP contribution in [0.3, 0.4) is 0 Å². The van der Waals surface area contributed by atoms with Crippen LogP contribution in [0.2, 0.25) is 5.02 Å². The van der Waals surface area contributed by atoms with Gasteiger partial charge < -0.3 is 25.8 Å². The zero-order chi connectivity index (χ0) is 17.4. The van der Waals surface area contributed by atoms with Crippen molar-refractivity contribution in [1.82, 2.24) is 10.2 Å². The molecule has 4 N–H and O–H groups in total. The monoisotopic (exact) mass is 355 g/mol. The highest BCUT2D eigenvalue weighted by molar-refractivity contribution is 6.32. The van der Waals surface area contributed by atoms with Gasteiger partial charge >= 0.3 is 0 Å². The van der Waals surface area contributed by atoms with Gasteiger partial charge in [0, 0.05) is 13.1 Å². The Morgan fingerprint density at radius 3 is 3.04 bits per heavy atom. The zero-order valence-electron chi connectivity index (χ0n) is 13.8. The van der Waals surface area contributed by atoms with E-state index in [4.69, 9.17) is 22.1 Å². The smallest absolute Gasteiger partial charge is 0.255 e. The number of piperidine rings is 1. The Hall–Kier alpha value is -1.34. The van der Waals surface area contributed by atoms with Crippen molar-refractivity contribution in [3.63, 3.8) is 0 Å². The van der Waals surface area contributed by atoms with E-state index in [1.807, 2.05) is 12.1 Å². The van der Waals surface area contributed by atoms with Crippen molar-refractivity contribution in [2.45, 2.75) is 31.9 Å². The number of primary amides is 1. The third-order valence-electron chi connectivity index (χ3n) is 4.00. The fourth-order valence-corrected chi connectivity index (χ4v) is 3.07. The number of nitrogens with zero attached hydrogens (tertiary/aromatic N) is 1. The number of halogens is 1. The molecule has 1 heterocycles. The lowest BCUT2D eigenvalue weighted by Crippen LogP contribution is -2.39. The first-order chi connectivity index (χ1) is 11.5. The molecule has 134 valence electrons. The predicted octanol–water partition coefficient (Wildman–Crippen LogP) is 1.14. The molecule has 1 aliphatic heterocycles. The minimum Gasteiger partial charge on any atom is -0.482 e. The molecule has 1 unspecified atom stereocenters. The molecule has 7 heteroatoms. The highest BCUT2D eigenvalue weighted by Crippen LogP contribution is 2.25. The fraction of sp³-hybridized carbons (Fsp3) is 0.588. The van der Waals surface area contributed by atoms with E-state index < -0.39 is 5.91 Å². The molecule has 2 rings (SSSR count). The van der Waals surface area contributed by atoms with Crippen LogP contribution in [0.5, 0.6) is 5.75 Å². The van der Waals surface area contributed by atoms with E-state index in [9.17, 15) is 9.90 Å². The van der Waals surface area contributed by atoms with E-state index in [1.54, 1.807) is 6.07 Å². The summed E-state index contributed by atoms with van der Waals surface area (Å²) in [6.07, 6.45) is 2.88. The topological polar surface area (TPSA) is 87.8 Å². The third-order valence-corrected chi connectivity index (χ3v) is 4.30. The number of hydrogen-bond donors (Lipinski definition) is 3. The lowest BCUT2D eigenvalue weighted by atomic mass is 10.1. The number of benzene rings is 1. The standard InChI is InChI=1S/C17H26ClN3O3/c18-15-9-13(4-5-16(15)24-12-17(19)23)10-20-6-2-8-21-7-1-3-14(22)11-21/h4-5,9,14,20,22H,1-3,6-8,10-12H2,(H2,19,23). The second kappa shape index (κ2) is 9.84. The van der Waals surface area contributed by atoms with Crippen molar-refractivity contribution in [3.05, 3.63) is 28.8 Å². The molecule has 24 heavy (non-hydrogen) atoms. The Labute approximate surface area is 147 Å². The lowest BCUT2D eigenvalue weighted by Gasteiger charge is -2.29. The second-order valence-electron chi connectivity index (χ2n) is 6.15. The number of nitrogens with one attached hydrogen (secondary N) is 1. The molecule has 0 spiro atoms. The summed E-state index contributed by atoms with van der Waals surface area (Å²) >= 11 is 6.13. The van der Waals surface area contributed by atoms with Crippen molar-refractivity contribution in [3.8, 4) is 5.75 Å². The molecule has 6 nitrogen and oxygen atoms in total. The quantitative estimate of drug-likeness (QED) is 0.578. The summed E-state index contributed by atoms with van der Waals surface area (Å²) in [4.78, 5) is 13.0. The zero-order valence-corrected chi connectivity index (χ0v) is 14.6. The number of amides is 1. The Balaban J connectivity index is 1.65. The van der Waals surface area contributed by atoms with E-state index in [-0.39, 0.29) is 12.7 Å². The van der Waals surface area contributed by atoms with Crippen LogP contribution >= 0.6 is 11.6 Å². The number of ether oxygens (including phenoxy) is 1. The first-order valence-corrected chi connectivity index (χ1v) is 8.73. The Morgan fingerprint density at radius 1 is 1.50 bits per heavy atom. The minimum atomic E-state index is -0.530. The van der Waals surface area contributed by atoms with Gasteiger partial charge in [0.1, 0.15) is 5.75 Å². The number of aliphatic hydroxyl groups is 1. The molecule has 1 atom stereocenters. The molecule has 0 aliphatic carbocycles. The first kappa shape index (κ1) is 19.0. The van der Waals surface area contributed by atoms with Gasteiger partial charge in [0.25, 0.3) is 5.91 Å². The Morgan fingerprint density at radius 2 is 2.33 bits per heavy atom. The molecule has 1 fully saturated rings. The Kier molecular flexibility index (Phi) is 7.78. The van der Waals surface area contributed by atoms with Crippen LogP contribution in [0.25, 0.3) is 0 Å². The van der Waals surface area contributed by atoms with Gasteiger partial charge in [-0.3, -0.25) is 4.79 Å². The summed E-state index contributed by atoms with van der Waals surface area (Å²) in [6.45, 7) is 4.33. The van der Waals surface area contributed by atoms with Crippen LogP contribution in [-0.4, -0.2) is 54.8 Å². The SMILES string of the molecule is NC(=O)COc1ccc(CNCCCN2CCCC(O)C2)cc1Cl. The van der Waals surface area contributed by atoms with Crippen LogP contribution in [0.15, 0.2) is 18.2 Å². The molecule has 1 aromatic carbocycles.